The SMILES string of the molecule is COC(=O)CN(C(=O)Nc1nc(OCC(F)(F)F)cc(OCC(F)(F)F)n1)c1ccc(OC(F)(F)F)cc1. The molecule has 0 aliphatic carbocycles. The molecule has 0 aliphatic rings. The summed E-state index contributed by atoms with van der Waals surface area (Å²) in [6.45, 7) is -4.66. The van der Waals surface area contributed by atoms with Crippen molar-refractivity contribution in [3.63, 3.8) is 0 Å². The molecule has 0 aliphatic heterocycles. The normalized spacial score (nSPS) is 11.9. The summed E-state index contributed by atoms with van der Waals surface area (Å²) in [4.78, 5) is 32.0. The van der Waals surface area contributed by atoms with Gasteiger partial charge in [0.05, 0.1) is 13.2 Å². The van der Waals surface area contributed by atoms with Gasteiger partial charge in [-0.2, -0.15) is 36.3 Å². The number of methoxy groups -OCH3 is 1. The fourth-order valence-corrected chi connectivity index (χ4v) is 2.38. The summed E-state index contributed by atoms with van der Waals surface area (Å²) in [7, 11) is 0.952. The van der Waals surface area contributed by atoms with Crippen LogP contribution in [0.15, 0.2) is 30.3 Å². The van der Waals surface area contributed by atoms with Crippen LogP contribution in [0.3, 0.4) is 0 Å². The van der Waals surface area contributed by atoms with Crippen molar-refractivity contribution in [3.8, 4) is 17.5 Å². The third-order valence-electron chi connectivity index (χ3n) is 3.81. The number of ether oxygens (including phenoxy) is 4. The molecule has 1 N–H and O–H groups in total. The molecular weight excluding hydrogens is 551 g/mol. The Hall–Kier alpha value is -4.19. The van der Waals surface area contributed by atoms with Gasteiger partial charge in [-0.15, -0.1) is 13.2 Å². The maximum atomic E-state index is 12.8. The molecule has 2 rings (SSSR count). The minimum atomic E-state index is -5.02. The first-order valence-corrected chi connectivity index (χ1v) is 9.73. The number of nitrogens with zero attached hydrogens (tertiary/aromatic N) is 3. The predicted octanol–water partition coefficient (Wildman–Crippen LogP) is 4.47. The second kappa shape index (κ2) is 11.9. The third kappa shape index (κ3) is 10.8. The highest BCUT2D eigenvalue weighted by molar-refractivity contribution is 6.03. The van der Waals surface area contributed by atoms with E-state index < -0.39 is 73.9 Å². The smallest absolute Gasteiger partial charge is 0.468 e. The number of carbonyl (C=O) groups excluding carboxylic acids is 2. The van der Waals surface area contributed by atoms with E-state index in [9.17, 15) is 49.1 Å². The number of hydrogen-bond donors (Lipinski definition) is 1. The largest absolute Gasteiger partial charge is 0.573 e. The first kappa shape index (κ1) is 30.0. The number of amides is 2. The van der Waals surface area contributed by atoms with Gasteiger partial charge in [-0.3, -0.25) is 15.0 Å². The maximum Gasteiger partial charge on any atom is 0.573 e. The van der Waals surface area contributed by atoms with Gasteiger partial charge in [-0.25, -0.2) is 4.79 Å². The van der Waals surface area contributed by atoms with E-state index >= 15 is 0 Å². The van der Waals surface area contributed by atoms with Crippen molar-refractivity contribution in [2.45, 2.75) is 18.7 Å². The fourth-order valence-electron chi connectivity index (χ4n) is 2.38. The van der Waals surface area contributed by atoms with E-state index in [1.807, 2.05) is 5.32 Å². The number of urea groups is 1. The highest BCUT2D eigenvalue weighted by Gasteiger charge is 2.32. The van der Waals surface area contributed by atoms with Gasteiger partial charge < -0.3 is 18.9 Å². The molecule has 19 heteroatoms. The van der Waals surface area contributed by atoms with Crippen molar-refractivity contribution < 1.29 is 68.1 Å². The molecule has 2 aromatic rings. The van der Waals surface area contributed by atoms with Gasteiger partial charge in [0, 0.05) is 5.69 Å². The summed E-state index contributed by atoms with van der Waals surface area (Å²) in [6.07, 6.45) is -14.7. The second-order valence-electron chi connectivity index (χ2n) is 6.81. The molecule has 38 heavy (non-hydrogen) atoms. The van der Waals surface area contributed by atoms with Crippen LogP contribution in [0.25, 0.3) is 0 Å². The topological polar surface area (TPSA) is 112 Å². The van der Waals surface area contributed by atoms with Crippen LogP contribution >= 0.6 is 0 Å². The lowest BCUT2D eigenvalue weighted by Gasteiger charge is -2.22. The minimum Gasteiger partial charge on any atom is -0.468 e. The second-order valence-corrected chi connectivity index (χ2v) is 6.81. The van der Waals surface area contributed by atoms with Crippen LogP contribution in [0.4, 0.5) is 55.9 Å². The number of halogens is 9. The number of nitrogens with one attached hydrogen (secondary N) is 1. The fraction of sp³-hybridized carbons (Fsp3) is 0.368. The Kier molecular flexibility index (Phi) is 9.41. The Balaban J connectivity index is 2.34. The van der Waals surface area contributed by atoms with E-state index in [0.29, 0.717) is 11.0 Å². The summed E-state index contributed by atoms with van der Waals surface area (Å²) < 4.78 is 129. The van der Waals surface area contributed by atoms with Crippen molar-refractivity contribution >= 4 is 23.6 Å². The number of benzene rings is 1. The lowest BCUT2D eigenvalue weighted by molar-refractivity contribution is -0.274. The van der Waals surface area contributed by atoms with Crippen LogP contribution in [0, 0.1) is 0 Å². The summed E-state index contributed by atoms with van der Waals surface area (Å²) in [5, 5.41) is 1.92. The molecule has 1 aromatic heterocycles. The van der Waals surface area contributed by atoms with Crippen LogP contribution in [0.1, 0.15) is 0 Å². The molecule has 0 saturated heterocycles. The molecule has 10 nitrogen and oxygen atoms in total. The lowest BCUT2D eigenvalue weighted by Crippen LogP contribution is -2.39. The Morgan fingerprint density at radius 2 is 1.37 bits per heavy atom. The molecule has 0 radical (unpaired) electrons. The van der Waals surface area contributed by atoms with Gasteiger partial charge in [0.25, 0.3) is 0 Å². The van der Waals surface area contributed by atoms with Crippen molar-refractivity contribution in [2.24, 2.45) is 0 Å². The quantitative estimate of drug-likeness (QED) is 0.350. The van der Waals surface area contributed by atoms with Gasteiger partial charge in [-0.05, 0) is 24.3 Å². The molecule has 0 bridgehead atoms. The van der Waals surface area contributed by atoms with Crippen LogP contribution in [0.5, 0.6) is 17.5 Å². The standard InChI is InChI=1S/C19H15F9N4O6/c1-35-14(33)7-32(10-2-4-11(5-3-10)38-19(26,27)28)16(34)31-15-29-12(36-8-17(20,21)22)6-13(30-15)37-9-18(23,24)25/h2-6H,7-9H2,1H3,(H,29,30,31,34). The minimum absolute atomic E-state index is 0.208. The Morgan fingerprint density at radius 3 is 1.79 bits per heavy atom. The third-order valence-corrected chi connectivity index (χ3v) is 3.81. The van der Waals surface area contributed by atoms with Crippen LogP contribution < -0.4 is 24.4 Å². The zero-order valence-electron chi connectivity index (χ0n) is 18.7. The monoisotopic (exact) mass is 566 g/mol. The number of alkyl halides is 9. The zero-order chi connectivity index (χ0) is 28.7. The molecule has 0 saturated carbocycles. The number of anilines is 2. The first-order valence-electron chi connectivity index (χ1n) is 9.73. The van der Waals surface area contributed by atoms with E-state index in [1.54, 1.807) is 0 Å². The van der Waals surface area contributed by atoms with Crippen molar-refractivity contribution in [3.05, 3.63) is 30.3 Å². The molecule has 0 spiro atoms. The van der Waals surface area contributed by atoms with Crippen LogP contribution in [0.2, 0.25) is 0 Å². The number of aromatic nitrogens is 2. The van der Waals surface area contributed by atoms with Gasteiger partial charge in [0.1, 0.15) is 12.3 Å². The number of hydrogen-bond acceptors (Lipinski definition) is 8. The lowest BCUT2D eigenvalue weighted by atomic mass is 10.2. The maximum absolute atomic E-state index is 12.8. The van der Waals surface area contributed by atoms with E-state index in [4.69, 9.17) is 0 Å². The summed E-state index contributed by atoms with van der Waals surface area (Å²) in [5.41, 5.74) is -0.208. The van der Waals surface area contributed by atoms with Gasteiger partial charge >= 0.3 is 30.7 Å². The molecular formula is C19H15F9N4O6. The number of rotatable bonds is 9. The average Bonchev–Trinajstić information content (AvgIpc) is 2.78. The molecule has 0 unspecified atom stereocenters. The van der Waals surface area contributed by atoms with E-state index in [0.717, 1.165) is 31.4 Å². The molecule has 210 valence electrons. The van der Waals surface area contributed by atoms with Gasteiger partial charge in [-0.1, -0.05) is 0 Å². The van der Waals surface area contributed by atoms with E-state index in [2.05, 4.69) is 28.9 Å². The number of carbonyl (C=O) groups is 2. The Labute approximate surface area is 206 Å². The van der Waals surface area contributed by atoms with Crippen molar-refractivity contribution in [1.29, 1.82) is 0 Å². The Bertz CT molecular complexity index is 1070. The van der Waals surface area contributed by atoms with Crippen LogP contribution in [-0.4, -0.2) is 67.6 Å². The average molecular weight is 566 g/mol. The summed E-state index contributed by atoms with van der Waals surface area (Å²) >= 11 is 0. The number of esters is 1. The van der Waals surface area contributed by atoms with Crippen LogP contribution in [-0.2, 0) is 9.53 Å². The van der Waals surface area contributed by atoms with Crippen molar-refractivity contribution in [2.75, 3.05) is 37.1 Å². The predicted molar refractivity (Wildman–Crippen MR) is 107 cm³/mol. The van der Waals surface area contributed by atoms with Gasteiger partial charge in [0.2, 0.25) is 17.7 Å². The first-order chi connectivity index (χ1) is 17.4. The molecule has 1 aromatic carbocycles. The molecule has 0 fully saturated rings. The van der Waals surface area contributed by atoms with Crippen molar-refractivity contribution in [1.82, 2.24) is 9.97 Å². The Morgan fingerprint density at radius 1 is 0.868 bits per heavy atom. The zero-order valence-corrected chi connectivity index (χ0v) is 18.7. The van der Waals surface area contributed by atoms with Gasteiger partial charge in [0.15, 0.2) is 13.2 Å². The molecule has 2 amide bonds. The van der Waals surface area contributed by atoms with E-state index in [-0.39, 0.29) is 5.69 Å². The highest BCUT2D eigenvalue weighted by Crippen LogP contribution is 2.27. The summed E-state index contributed by atoms with van der Waals surface area (Å²) in [5.74, 6) is -4.47. The summed E-state index contributed by atoms with van der Waals surface area (Å²) in [6, 6.07) is 2.67. The highest BCUT2D eigenvalue weighted by atomic mass is 19.4. The molecule has 1 heterocycles. The van der Waals surface area contributed by atoms with E-state index in [1.165, 1.54) is 0 Å². The molecule has 0 atom stereocenters.